The molecule has 0 saturated heterocycles. The minimum Gasteiger partial charge on any atom is -0.491 e. The number of ether oxygens (including phenoxy) is 1. The smallest absolute Gasteiger partial charge is 0.150 e. The summed E-state index contributed by atoms with van der Waals surface area (Å²) in [6.45, 7) is 0.839. The number of hydrogen-bond acceptors (Lipinski definition) is 4. The molecule has 0 fully saturated rings. The van der Waals surface area contributed by atoms with Gasteiger partial charge in [0.05, 0.1) is 10.2 Å². The predicted octanol–water partition coefficient (Wildman–Crippen LogP) is 1.59. The van der Waals surface area contributed by atoms with E-state index < -0.39 is 9.84 Å². The number of sulfone groups is 1. The molecule has 0 atom stereocenters. The van der Waals surface area contributed by atoms with Crippen molar-refractivity contribution in [1.82, 2.24) is 5.32 Å². The highest BCUT2D eigenvalue weighted by molar-refractivity contribution is 9.10. The van der Waals surface area contributed by atoms with Crippen molar-refractivity contribution in [2.75, 3.05) is 25.7 Å². The van der Waals surface area contributed by atoms with Gasteiger partial charge in [0.1, 0.15) is 12.4 Å². The highest BCUT2D eigenvalue weighted by atomic mass is 79.9. The van der Waals surface area contributed by atoms with Crippen molar-refractivity contribution < 1.29 is 13.2 Å². The topological polar surface area (TPSA) is 55.4 Å². The fourth-order valence-electron chi connectivity index (χ4n) is 1.34. The van der Waals surface area contributed by atoms with E-state index in [9.17, 15) is 8.42 Å². The van der Waals surface area contributed by atoms with Crippen molar-refractivity contribution >= 4 is 25.8 Å². The second-order valence-electron chi connectivity index (χ2n) is 3.74. The molecule has 0 spiro atoms. The standard InChI is InChI=1S/C11H16BrNO3S/c1-13-8-9-4-3-5-10(12)11(9)16-6-7-17(2,14)15/h3-5,13H,6-8H2,1-2H3. The molecule has 96 valence electrons. The third-order valence-electron chi connectivity index (χ3n) is 2.12. The number of para-hydroxylation sites is 1. The molecule has 6 heteroatoms. The Labute approximate surface area is 110 Å². The molecule has 4 nitrogen and oxygen atoms in total. The molecule has 0 heterocycles. The normalized spacial score (nSPS) is 11.5. The van der Waals surface area contributed by atoms with E-state index in [1.165, 1.54) is 6.26 Å². The van der Waals surface area contributed by atoms with Gasteiger partial charge >= 0.3 is 0 Å². The van der Waals surface area contributed by atoms with E-state index >= 15 is 0 Å². The lowest BCUT2D eigenvalue weighted by atomic mass is 10.2. The summed E-state index contributed by atoms with van der Waals surface area (Å²) in [5, 5.41) is 3.04. The third-order valence-corrected chi connectivity index (χ3v) is 3.65. The zero-order valence-electron chi connectivity index (χ0n) is 9.86. The highest BCUT2D eigenvalue weighted by Crippen LogP contribution is 2.28. The van der Waals surface area contributed by atoms with Crippen LogP contribution in [0.3, 0.4) is 0 Å². The summed E-state index contributed by atoms with van der Waals surface area (Å²) in [7, 11) is -1.14. The van der Waals surface area contributed by atoms with Gasteiger partial charge in [-0.1, -0.05) is 12.1 Å². The second kappa shape index (κ2) is 6.37. The van der Waals surface area contributed by atoms with Crippen molar-refractivity contribution in [3.8, 4) is 5.75 Å². The van der Waals surface area contributed by atoms with Gasteiger partial charge in [-0.15, -0.1) is 0 Å². The Morgan fingerprint density at radius 2 is 2.12 bits per heavy atom. The van der Waals surface area contributed by atoms with E-state index in [0.717, 1.165) is 10.0 Å². The van der Waals surface area contributed by atoms with Gasteiger partial charge in [-0.3, -0.25) is 0 Å². The maximum atomic E-state index is 11.0. The number of nitrogens with one attached hydrogen (secondary N) is 1. The summed E-state index contributed by atoms with van der Waals surface area (Å²) in [5.41, 5.74) is 0.996. The Morgan fingerprint density at radius 3 is 2.71 bits per heavy atom. The van der Waals surface area contributed by atoms with Crippen molar-refractivity contribution in [2.24, 2.45) is 0 Å². The van der Waals surface area contributed by atoms with Crippen molar-refractivity contribution in [2.45, 2.75) is 6.54 Å². The number of hydrogen-bond donors (Lipinski definition) is 1. The van der Waals surface area contributed by atoms with Crippen LogP contribution >= 0.6 is 15.9 Å². The van der Waals surface area contributed by atoms with Crippen LogP contribution in [0.2, 0.25) is 0 Å². The Hall–Kier alpha value is -0.590. The van der Waals surface area contributed by atoms with Crippen LogP contribution in [0.15, 0.2) is 22.7 Å². The Balaban J connectivity index is 2.75. The fraction of sp³-hybridized carbons (Fsp3) is 0.455. The lowest BCUT2D eigenvalue weighted by Crippen LogP contribution is -2.14. The molecule has 0 aromatic heterocycles. The number of rotatable bonds is 6. The SMILES string of the molecule is CNCc1cccc(Br)c1OCCS(C)(=O)=O. The number of halogens is 1. The van der Waals surface area contributed by atoms with Crippen molar-refractivity contribution in [3.05, 3.63) is 28.2 Å². The maximum absolute atomic E-state index is 11.0. The molecule has 1 rings (SSSR count). The monoisotopic (exact) mass is 321 g/mol. The van der Waals surface area contributed by atoms with Crippen LogP contribution in [-0.2, 0) is 16.4 Å². The van der Waals surface area contributed by atoms with E-state index in [1.54, 1.807) is 0 Å². The second-order valence-corrected chi connectivity index (χ2v) is 6.85. The molecule has 0 aliphatic rings. The highest BCUT2D eigenvalue weighted by Gasteiger charge is 2.09. The van der Waals surface area contributed by atoms with Gasteiger partial charge < -0.3 is 10.1 Å². The first-order valence-corrected chi connectivity index (χ1v) is 8.02. The Kier molecular flexibility index (Phi) is 5.42. The van der Waals surface area contributed by atoms with Gasteiger partial charge in [-0.2, -0.15) is 0 Å². The number of benzene rings is 1. The summed E-state index contributed by atoms with van der Waals surface area (Å²) < 4.78 is 28.4. The molecule has 0 aliphatic heterocycles. The lowest BCUT2D eigenvalue weighted by Gasteiger charge is -2.12. The van der Waals surface area contributed by atoms with Crippen LogP contribution in [0, 0.1) is 0 Å². The summed E-state index contributed by atoms with van der Waals surface area (Å²) in [6.07, 6.45) is 1.20. The van der Waals surface area contributed by atoms with Crippen LogP contribution in [0.5, 0.6) is 5.75 Å². The summed E-state index contributed by atoms with van der Waals surface area (Å²) in [6, 6.07) is 5.73. The van der Waals surface area contributed by atoms with E-state index in [-0.39, 0.29) is 12.4 Å². The van der Waals surface area contributed by atoms with Crippen LogP contribution in [0.4, 0.5) is 0 Å². The average molecular weight is 322 g/mol. The van der Waals surface area contributed by atoms with Gasteiger partial charge in [0.2, 0.25) is 0 Å². The third kappa shape index (κ3) is 5.06. The van der Waals surface area contributed by atoms with E-state index in [2.05, 4.69) is 21.2 Å². The van der Waals surface area contributed by atoms with Crippen LogP contribution in [0.25, 0.3) is 0 Å². The van der Waals surface area contributed by atoms with Gasteiger partial charge in [-0.05, 0) is 29.0 Å². The van der Waals surface area contributed by atoms with Crippen molar-refractivity contribution in [3.63, 3.8) is 0 Å². The molecule has 1 N–H and O–H groups in total. The molecule has 0 bridgehead atoms. The zero-order valence-corrected chi connectivity index (χ0v) is 12.3. The lowest BCUT2D eigenvalue weighted by molar-refractivity contribution is 0.334. The first kappa shape index (κ1) is 14.5. The molecule has 0 saturated carbocycles. The van der Waals surface area contributed by atoms with Crippen molar-refractivity contribution in [1.29, 1.82) is 0 Å². The molecule has 0 radical (unpaired) electrons. The molecular formula is C11H16BrNO3S. The molecular weight excluding hydrogens is 306 g/mol. The van der Waals surface area contributed by atoms with Gasteiger partial charge in [0.25, 0.3) is 0 Å². The Morgan fingerprint density at radius 1 is 1.41 bits per heavy atom. The largest absolute Gasteiger partial charge is 0.491 e. The predicted molar refractivity (Wildman–Crippen MR) is 72.1 cm³/mol. The Bertz CT molecular complexity index is 474. The first-order valence-electron chi connectivity index (χ1n) is 5.16. The van der Waals surface area contributed by atoms with E-state index in [1.807, 2.05) is 25.2 Å². The quantitative estimate of drug-likeness (QED) is 0.864. The first-order chi connectivity index (χ1) is 7.94. The van der Waals surface area contributed by atoms with Gasteiger partial charge in [0, 0.05) is 18.4 Å². The van der Waals surface area contributed by atoms with Gasteiger partial charge in [-0.25, -0.2) is 8.42 Å². The summed E-state index contributed by atoms with van der Waals surface area (Å²) >= 11 is 3.40. The van der Waals surface area contributed by atoms with Gasteiger partial charge in [0.15, 0.2) is 9.84 Å². The van der Waals surface area contributed by atoms with Crippen LogP contribution in [-0.4, -0.2) is 34.1 Å². The van der Waals surface area contributed by atoms with Crippen LogP contribution < -0.4 is 10.1 Å². The molecule has 17 heavy (non-hydrogen) atoms. The summed E-state index contributed by atoms with van der Waals surface area (Å²) in [4.78, 5) is 0. The zero-order chi connectivity index (χ0) is 12.9. The maximum Gasteiger partial charge on any atom is 0.150 e. The molecule has 1 aromatic rings. The minimum atomic E-state index is -2.99. The summed E-state index contributed by atoms with van der Waals surface area (Å²) in [5.74, 6) is 0.721. The van der Waals surface area contributed by atoms with Crippen LogP contribution in [0.1, 0.15) is 5.56 Å². The van der Waals surface area contributed by atoms with E-state index in [4.69, 9.17) is 4.74 Å². The average Bonchev–Trinajstić information content (AvgIpc) is 2.21. The minimum absolute atomic E-state index is 0.0212. The van der Waals surface area contributed by atoms with E-state index in [0.29, 0.717) is 12.3 Å². The molecule has 0 unspecified atom stereocenters. The molecule has 1 aromatic carbocycles. The molecule has 0 amide bonds. The fourth-order valence-corrected chi connectivity index (χ4v) is 2.25. The molecule has 0 aliphatic carbocycles.